The van der Waals surface area contributed by atoms with Gasteiger partial charge in [-0.05, 0) is 0 Å². The number of halogens is 1. The average molecular weight is 144 g/mol. The van der Waals surface area contributed by atoms with Gasteiger partial charge in [-0.2, -0.15) is 5.26 Å². The zero-order chi connectivity index (χ0) is 7.98. The van der Waals surface area contributed by atoms with Crippen molar-refractivity contribution in [2.24, 2.45) is 0 Å². The molecule has 0 saturated heterocycles. The predicted molar refractivity (Wildman–Crippen MR) is 30.6 cm³/mol. The van der Waals surface area contributed by atoms with Crippen molar-refractivity contribution in [1.29, 1.82) is 10.7 Å². The fourth-order valence-electron chi connectivity index (χ4n) is 0.260. The molecule has 0 bridgehead atoms. The molecular formula is C4H5FN4O. The monoisotopic (exact) mass is 144 g/mol. The molecule has 5 nitrogen and oxygen atoms in total. The minimum atomic E-state index is -1.20. The van der Waals surface area contributed by atoms with Gasteiger partial charge in [0.05, 0.1) is 0 Å². The Bertz CT molecular complexity index is 184. The van der Waals surface area contributed by atoms with Crippen LogP contribution in [0.25, 0.3) is 0 Å². The molecule has 6 heteroatoms. The molecule has 3 N–H and O–H groups in total. The summed E-state index contributed by atoms with van der Waals surface area (Å²) in [6.45, 7) is -1.20. The van der Waals surface area contributed by atoms with Gasteiger partial charge in [0, 0.05) is 0 Å². The van der Waals surface area contributed by atoms with E-state index in [0.717, 1.165) is 0 Å². The van der Waals surface area contributed by atoms with Crippen LogP contribution in [0.2, 0.25) is 0 Å². The van der Waals surface area contributed by atoms with Crippen molar-refractivity contribution in [3.63, 3.8) is 0 Å². The number of carbonyl (C=O) groups is 1. The van der Waals surface area contributed by atoms with Crippen molar-refractivity contribution in [3.8, 4) is 6.19 Å². The molecule has 0 atom stereocenters. The highest BCUT2D eigenvalue weighted by Gasteiger charge is 2.00. The maximum absolute atomic E-state index is 11.4. The second-order valence-electron chi connectivity index (χ2n) is 1.29. The second kappa shape index (κ2) is 4.26. The lowest BCUT2D eigenvalue weighted by Gasteiger charge is -1.98. The first-order valence-corrected chi connectivity index (χ1v) is 2.30. The van der Waals surface area contributed by atoms with E-state index in [1.807, 2.05) is 0 Å². The van der Waals surface area contributed by atoms with Gasteiger partial charge in [0.1, 0.15) is 0 Å². The smallest absolute Gasteiger partial charge is 0.258 e. The van der Waals surface area contributed by atoms with Crippen LogP contribution >= 0.6 is 0 Å². The summed E-state index contributed by atoms with van der Waals surface area (Å²) < 4.78 is 11.4. The zero-order valence-electron chi connectivity index (χ0n) is 4.94. The van der Waals surface area contributed by atoms with E-state index in [4.69, 9.17) is 10.7 Å². The highest BCUT2D eigenvalue weighted by atomic mass is 19.1. The number of nitriles is 1. The number of nitrogens with one attached hydrogen (secondary N) is 3. The molecule has 0 rings (SSSR count). The van der Waals surface area contributed by atoms with Gasteiger partial charge < -0.3 is 0 Å². The summed E-state index contributed by atoms with van der Waals surface area (Å²) in [6.07, 6.45) is 1.39. The minimum absolute atomic E-state index is 0.523. The quantitative estimate of drug-likeness (QED) is 0.192. The Labute approximate surface area is 56.3 Å². The van der Waals surface area contributed by atoms with Crippen LogP contribution in [0.5, 0.6) is 0 Å². The van der Waals surface area contributed by atoms with E-state index in [1.165, 1.54) is 6.19 Å². The number of hydrogen-bond acceptors (Lipinski definition) is 3. The first-order chi connectivity index (χ1) is 4.70. The first kappa shape index (κ1) is 8.36. The van der Waals surface area contributed by atoms with Gasteiger partial charge in [0.2, 0.25) is 5.96 Å². The van der Waals surface area contributed by atoms with E-state index in [-0.39, 0.29) is 0 Å². The Morgan fingerprint density at radius 1 is 1.80 bits per heavy atom. The molecule has 1 amide bonds. The summed E-state index contributed by atoms with van der Waals surface area (Å²) in [5.74, 6) is -1.47. The summed E-state index contributed by atoms with van der Waals surface area (Å²) in [7, 11) is 0. The number of nitrogens with zero attached hydrogens (tertiary/aromatic N) is 1. The lowest BCUT2D eigenvalue weighted by Crippen LogP contribution is -2.38. The van der Waals surface area contributed by atoms with Gasteiger partial charge in [0.15, 0.2) is 12.9 Å². The van der Waals surface area contributed by atoms with E-state index in [9.17, 15) is 9.18 Å². The van der Waals surface area contributed by atoms with E-state index in [1.54, 1.807) is 10.6 Å². The first-order valence-electron chi connectivity index (χ1n) is 2.30. The molecule has 0 saturated carbocycles. The van der Waals surface area contributed by atoms with Gasteiger partial charge in [-0.25, -0.2) is 4.39 Å². The van der Waals surface area contributed by atoms with Crippen molar-refractivity contribution >= 4 is 11.9 Å². The van der Waals surface area contributed by atoms with Crippen molar-refractivity contribution in [2.75, 3.05) is 6.67 Å². The number of carbonyl (C=O) groups excluding carboxylic acids is 1. The van der Waals surface area contributed by atoms with Crippen LogP contribution in [0, 0.1) is 16.9 Å². The SMILES string of the molecule is N#CNC(=N)NC(=O)CF. The number of amides is 1. The Morgan fingerprint density at radius 3 is 2.80 bits per heavy atom. The second-order valence-corrected chi connectivity index (χ2v) is 1.29. The third kappa shape index (κ3) is 3.37. The maximum Gasteiger partial charge on any atom is 0.258 e. The molecule has 0 aromatic carbocycles. The van der Waals surface area contributed by atoms with Gasteiger partial charge in [-0.3, -0.25) is 20.8 Å². The lowest BCUT2D eigenvalue weighted by molar-refractivity contribution is -0.120. The molecule has 0 aromatic heterocycles. The van der Waals surface area contributed by atoms with Gasteiger partial charge >= 0.3 is 0 Å². The van der Waals surface area contributed by atoms with Crippen molar-refractivity contribution < 1.29 is 9.18 Å². The molecule has 0 aliphatic rings. The fraction of sp³-hybridized carbons (Fsp3) is 0.250. The van der Waals surface area contributed by atoms with Crippen LogP contribution < -0.4 is 10.6 Å². The summed E-state index contributed by atoms with van der Waals surface area (Å²) in [5, 5.41) is 18.1. The van der Waals surface area contributed by atoms with Crippen LogP contribution in [-0.2, 0) is 4.79 Å². The Morgan fingerprint density at radius 2 is 2.40 bits per heavy atom. The highest BCUT2D eigenvalue weighted by molar-refractivity contribution is 5.96. The molecule has 0 unspecified atom stereocenters. The average Bonchev–Trinajstić information content (AvgIpc) is 1.88. The van der Waals surface area contributed by atoms with E-state index in [2.05, 4.69) is 0 Å². The summed E-state index contributed by atoms with van der Waals surface area (Å²) >= 11 is 0. The van der Waals surface area contributed by atoms with Crippen LogP contribution in [0.4, 0.5) is 4.39 Å². The molecule has 0 spiro atoms. The number of alkyl halides is 1. The topological polar surface area (TPSA) is 88.8 Å². The molecule has 0 aliphatic heterocycles. The van der Waals surface area contributed by atoms with Crippen LogP contribution in [0.1, 0.15) is 0 Å². The Balaban J connectivity index is 3.60. The molecule has 10 heavy (non-hydrogen) atoms. The van der Waals surface area contributed by atoms with Crippen LogP contribution in [0.3, 0.4) is 0 Å². The van der Waals surface area contributed by atoms with Gasteiger partial charge in [-0.1, -0.05) is 0 Å². The third-order valence-electron chi connectivity index (χ3n) is 0.567. The summed E-state index contributed by atoms with van der Waals surface area (Å²) in [5.41, 5.74) is 0. The van der Waals surface area contributed by atoms with Gasteiger partial charge in [-0.15, -0.1) is 0 Å². The van der Waals surface area contributed by atoms with Gasteiger partial charge in [0.25, 0.3) is 5.91 Å². The molecule has 0 heterocycles. The number of rotatable bonds is 1. The molecule has 54 valence electrons. The maximum atomic E-state index is 11.4. The highest BCUT2D eigenvalue weighted by Crippen LogP contribution is 1.67. The molecule has 0 aliphatic carbocycles. The standard InChI is InChI=1S/C4H5FN4O/c5-1-3(10)9-4(7)8-2-6/h1H2,(H3,7,8,9,10). The molecule has 0 aromatic rings. The molecule has 0 radical (unpaired) electrons. The van der Waals surface area contributed by atoms with E-state index >= 15 is 0 Å². The van der Waals surface area contributed by atoms with Crippen LogP contribution in [0.15, 0.2) is 0 Å². The largest absolute Gasteiger partial charge is 0.294 e. The summed E-state index contributed by atoms with van der Waals surface area (Å²) in [6, 6.07) is 0. The minimum Gasteiger partial charge on any atom is -0.294 e. The number of guanidine groups is 1. The van der Waals surface area contributed by atoms with Crippen molar-refractivity contribution in [3.05, 3.63) is 0 Å². The molecular weight excluding hydrogens is 139 g/mol. The third-order valence-corrected chi connectivity index (χ3v) is 0.567. The van der Waals surface area contributed by atoms with E-state index in [0.29, 0.717) is 0 Å². The summed E-state index contributed by atoms with van der Waals surface area (Å²) in [4.78, 5) is 10.1. The fourth-order valence-corrected chi connectivity index (χ4v) is 0.260. The number of hydrogen-bond donors (Lipinski definition) is 3. The van der Waals surface area contributed by atoms with Crippen LogP contribution in [-0.4, -0.2) is 18.5 Å². The lowest BCUT2D eigenvalue weighted by atomic mass is 10.6. The van der Waals surface area contributed by atoms with Crippen molar-refractivity contribution in [1.82, 2.24) is 10.6 Å². The molecule has 0 fully saturated rings. The predicted octanol–water partition coefficient (Wildman–Crippen LogP) is -0.922. The normalized spacial score (nSPS) is 7.60. The van der Waals surface area contributed by atoms with E-state index < -0.39 is 18.5 Å². The zero-order valence-corrected chi connectivity index (χ0v) is 4.94. The van der Waals surface area contributed by atoms with Crippen molar-refractivity contribution in [2.45, 2.75) is 0 Å². The Hall–Kier alpha value is -1.64. The Kier molecular flexibility index (Phi) is 3.56.